The summed E-state index contributed by atoms with van der Waals surface area (Å²) in [6.45, 7) is 2.50. The van der Waals surface area contributed by atoms with Crippen molar-refractivity contribution in [1.82, 2.24) is 14.9 Å². The first kappa shape index (κ1) is 13.0. The second-order valence-corrected chi connectivity index (χ2v) is 5.54. The van der Waals surface area contributed by atoms with Gasteiger partial charge >= 0.3 is 0 Å². The molecule has 0 spiro atoms. The molecule has 0 bridgehead atoms. The Kier molecular flexibility index (Phi) is 3.38. The SMILES string of the molecule is CC1CC(C(=O)NCc2nccn2C)(C(N)=S)C1. The minimum absolute atomic E-state index is 0.0731. The Hall–Kier alpha value is -1.43. The monoisotopic (exact) mass is 266 g/mol. The van der Waals surface area contributed by atoms with Crippen molar-refractivity contribution in [3.63, 3.8) is 0 Å². The van der Waals surface area contributed by atoms with Crippen molar-refractivity contribution >= 4 is 23.1 Å². The molecule has 0 atom stereocenters. The first-order chi connectivity index (χ1) is 8.45. The molecule has 0 aliphatic heterocycles. The molecule has 1 aromatic rings. The lowest BCUT2D eigenvalue weighted by Crippen LogP contribution is -2.55. The van der Waals surface area contributed by atoms with Gasteiger partial charge in [0.15, 0.2) is 0 Å². The summed E-state index contributed by atoms with van der Waals surface area (Å²) in [5.41, 5.74) is 5.09. The highest BCUT2D eigenvalue weighted by Crippen LogP contribution is 2.45. The largest absolute Gasteiger partial charge is 0.392 e. The van der Waals surface area contributed by atoms with Gasteiger partial charge in [-0.15, -0.1) is 0 Å². The van der Waals surface area contributed by atoms with E-state index in [2.05, 4.69) is 17.2 Å². The van der Waals surface area contributed by atoms with Crippen LogP contribution in [0.3, 0.4) is 0 Å². The first-order valence-electron chi connectivity index (χ1n) is 6.00. The summed E-state index contributed by atoms with van der Waals surface area (Å²) in [6, 6.07) is 0. The number of thiocarbonyl (C=S) groups is 1. The fraction of sp³-hybridized carbons (Fsp3) is 0.583. The smallest absolute Gasteiger partial charge is 0.233 e. The molecule has 0 radical (unpaired) electrons. The second-order valence-electron chi connectivity index (χ2n) is 5.10. The highest BCUT2D eigenvalue weighted by atomic mass is 32.1. The summed E-state index contributed by atoms with van der Waals surface area (Å²) in [5.74, 6) is 1.25. The molecule has 1 aromatic heterocycles. The average Bonchev–Trinajstić information content (AvgIpc) is 2.66. The highest BCUT2D eigenvalue weighted by Gasteiger charge is 2.50. The van der Waals surface area contributed by atoms with Crippen LogP contribution < -0.4 is 11.1 Å². The van der Waals surface area contributed by atoms with Gasteiger partial charge in [-0.3, -0.25) is 4.79 Å². The highest BCUT2D eigenvalue weighted by molar-refractivity contribution is 7.80. The second kappa shape index (κ2) is 4.68. The Balaban J connectivity index is 1.99. The molecule has 0 saturated heterocycles. The molecule has 1 aliphatic rings. The molecule has 1 fully saturated rings. The van der Waals surface area contributed by atoms with Crippen molar-refractivity contribution in [2.45, 2.75) is 26.3 Å². The van der Waals surface area contributed by atoms with Crippen molar-refractivity contribution in [2.75, 3.05) is 0 Å². The van der Waals surface area contributed by atoms with Gasteiger partial charge in [0.05, 0.1) is 16.9 Å². The number of aryl methyl sites for hydroxylation is 1. The molecular formula is C12H18N4OS. The topological polar surface area (TPSA) is 72.9 Å². The van der Waals surface area contributed by atoms with Crippen molar-refractivity contribution in [3.8, 4) is 0 Å². The molecule has 2 rings (SSSR count). The van der Waals surface area contributed by atoms with Crippen LogP contribution in [-0.2, 0) is 18.4 Å². The van der Waals surface area contributed by atoms with E-state index in [0.29, 0.717) is 17.5 Å². The number of nitrogens with zero attached hydrogens (tertiary/aromatic N) is 2. The number of hydrogen-bond donors (Lipinski definition) is 2. The molecule has 98 valence electrons. The molecule has 0 unspecified atom stereocenters. The lowest BCUT2D eigenvalue weighted by molar-refractivity contribution is -0.133. The Bertz CT molecular complexity index is 476. The molecule has 1 amide bonds. The van der Waals surface area contributed by atoms with E-state index in [0.717, 1.165) is 18.7 Å². The van der Waals surface area contributed by atoms with E-state index in [1.807, 2.05) is 17.8 Å². The molecule has 18 heavy (non-hydrogen) atoms. The lowest BCUT2D eigenvalue weighted by Gasteiger charge is -2.44. The number of nitrogens with one attached hydrogen (secondary N) is 1. The van der Waals surface area contributed by atoms with E-state index in [9.17, 15) is 4.79 Å². The normalized spacial score (nSPS) is 26.4. The van der Waals surface area contributed by atoms with Crippen LogP contribution in [0.1, 0.15) is 25.6 Å². The lowest BCUT2D eigenvalue weighted by atomic mass is 9.62. The van der Waals surface area contributed by atoms with Crippen LogP contribution in [-0.4, -0.2) is 20.4 Å². The number of hydrogen-bond acceptors (Lipinski definition) is 3. The standard InChI is InChI=1S/C12H18N4OS/c1-8-5-12(6-8,10(13)18)11(17)15-7-9-14-3-4-16(9)2/h3-4,8H,5-7H2,1-2H3,(H2,13,18)(H,15,17). The Labute approximate surface area is 112 Å². The van der Waals surface area contributed by atoms with Crippen LogP contribution in [0.4, 0.5) is 0 Å². The third-order valence-electron chi connectivity index (χ3n) is 3.63. The van der Waals surface area contributed by atoms with Gasteiger partial charge in [-0.1, -0.05) is 19.1 Å². The van der Waals surface area contributed by atoms with E-state index in [1.165, 1.54) is 0 Å². The van der Waals surface area contributed by atoms with Crippen molar-refractivity contribution < 1.29 is 4.79 Å². The zero-order valence-electron chi connectivity index (χ0n) is 10.6. The molecular weight excluding hydrogens is 248 g/mol. The van der Waals surface area contributed by atoms with E-state index < -0.39 is 5.41 Å². The number of aromatic nitrogens is 2. The minimum Gasteiger partial charge on any atom is -0.392 e. The molecule has 3 N–H and O–H groups in total. The summed E-state index contributed by atoms with van der Waals surface area (Å²) in [7, 11) is 1.89. The summed E-state index contributed by atoms with van der Waals surface area (Å²) in [5, 5.41) is 2.88. The zero-order chi connectivity index (χ0) is 13.3. The fourth-order valence-corrected chi connectivity index (χ4v) is 2.78. The van der Waals surface area contributed by atoms with Crippen molar-refractivity contribution in [2.24, 2.45) is 24.1 Å². The fourth-order valence-electron chi connectivity index (χ4n) is 2.52. The van der Waals surface area contributed by atoms with E-state index in [1.54, 1.807) is 6.20 Å². The maximum atomic E-state index is 12.2. The molecule has 0 aromatic carbocycles. The van der Waals surface area contributed by atoms with Crippen LogP contribution in [0.2, 0.25) is 0 Å². The van der Waals surface area contributed by atoms with Crippen LogP contribution in [0, 0.1) is 11.3 Å². The summed E-state index contributed by atoms with van der Waals surface area (Å²) in [6.07, 6.45) is 5.04. The third-order valence-corrected chi connectivity index (χ3v) is 4.02. The molecule has 6 heteroatoms. The molecule has 5 nitrogen and oxygen atoms in total. The Morgan fingerprint density at radius 1 is 1.72 bits per heavy atom. The number of rotatable bonds is 4. The average molecular weight is 266 g/mol. The summed E-state index contributed by atoms with van der Waals surface area (Å²) < 4.78 is 1.87. The van der Waals surface area contributed by atoms with E-state index in [-0.39, 0.29) is 5.91 Å². The van der Waals surface area contributed by atoms with Gasteiger partial charge < -0.3 is 15.6 Å². The predicted molar refractivity (Wildman–Crippen MR) is 72.7 cm³/mol. The predicted octanol–water partition coefficient (Wildman–Crippen LogP) is 0.739. The maximum absolute atomic E-state index is 12.2. The quantitative estimate of drug-likeness (QED) is 0.788. The number of carbonyl (C=O) groups is 1. The number of amides is 1. The van der Waals surface area contributed by atoms with E-state index in [4.69, 9.17) is 18.0 Å². The number of nitrogens with two attached hydrogens (primary N) is 1. The molecule has 1 heterocycles. The Morgan fingerprint density at radius 3 is 2.83 bits per heavy atom. The van der Waals surface area contributed by atoms with Crippen LogP contribution in [0.25, 0.3) is 0 Å². The zero-order valence-corrected chi connectivity index (χ0v) is 11.5. The van der Waals surface area contributed by atoms with Gasteiger partial charge in [0, 0.05) is 19.4 Å². The Morgan fingerprint density at radius 2 is 2.39 bits per heavy atom. The van der Waals surface area contributed by atoms with Gasteiger partial charge in [-0.05, 0) is 18.8 Å². The van der Waals surface area contributed by atoms with Crippen molar-refractivity contribution in [3.05, 3.63) is 18.2 Å². The summed E-state index contributed by atoms with van der Waals surface area (Å²) in [4.78, 5) is 16.7. The maximum Gasteiger partial charge on any atom is 0.233 e. The van der Waals surface area contributed by atoms with Crippen LogP contribution >= 0.6 is 12.2 Å². The van der Waals surface area contributed by atoms with Gasteiger partial charge in [0.1, 0.15) is 5.82 Å². The van der Waals surface area contributed by atoms with Gasteiger partial charge in [0.2, 0.25) is 5.91 Å². The molecule has 1 saturated carbocycles. The summed E-state index contributed by atoms with van der Waals surface area (Å²) >= 11 is 5.05. The number of carbonyl (C=O) groups excluding carboxylic acids is 1. The minimum atomic E-state index is -0.639. The van der Waals surface area contributed by atoms with Gasteiger partial charge in [0.25, 0.3) is 0 Å². The third kappa shape index (κ3) is 2.12. The molecule has 1 aliphatic carbocycles. The van der Waals surface area contributed by atoms with Crippen LogP contribution in [0.15, 0.2) is 12.4 Å². The van der Waals surface area contributed by atoms with Crippen LogP contribution in [0.5, 0.6) is 0 Å². The van der Waals surface area contributed by atoms with E-state index >= 15 is 0 Å². The van der Waals surface area contributed by atoms with Crippen molar-refractivity contribution in [1.29, 1.82) is 0 Å². The first-order valence-corrected chi connectivity index (χ1v) is 6.41. The number of imidazole rings is 1. The van der Waals surface area contributed by atoms with Gasteiger partial charge in [-0.2, -0.15) is 0 Å². The van der Waals surface area contributed by atoms with Gasteiger partial charge in [-0.25, -0.2) is 4.98 Å².